The molecule has 0 saturated carbocycles. The van der Waals surface area contributed by atoms with Gasteiger partial charge in [0.05, 0.1) is 18.1 Å². The molecule has 0 radical (unpaired) electrons. The number of alkyl halides is 3. The monoisotopic (exact) mass is 510 g/mol. The topological polar surface area (TPSA) is 191 Å². The number of hydrogen-bond acceptors (Lipinski definition) is 8. The maximum Gasteiger partial charge on any atom is 0.490 e. The van der Waals surface area contributed by atoms with Crippen LogP contribution in [0.4, 0.5) is 19.0 Å². The van der Waals surface area contributed by atoms with E-state index in [4.69, 9.17) is 15.6 Å². The molecule has 0 saturated heterocycles. The van der Waals surface area contributed by atoms with Gasteiger partial charge in [0.15, 0.2) is 0 Å². The van der Waals surface area contributed by atoms with Crippen molar-refractivity contribution in [3.63, 3.8) is 0 Å². The van der Waals surface area contributed by atoms with Gasteiger partial charge in [0.1, 0.15) is 28.9 Å². The molecule has 3 aromatic heterocycles. The summed E-state index contributed by atoms with van der Waals surface area (Å²) >= 11 is 0. The summed E-state index contributed by atoms with van der Waals surface area (Å²) in [6.45, 7) is 5.37. The van der Waals surface area contributed by atoms with E-state index < -0.39 is 30.1 Å². The van der Waals surface area contributed by atoms with Crippen LogP contribution in [0.1, 0.15) is 23.8 Å². The molecule has 1 atom stereocenters. The Morgan fingerprint density at radius 3 is 2.31 bits per heavy atom. The number of nitrogens with two attached hydrogens (primary N) is 1. The Balaban J connectivity index is 0.000000572. The van der Waals surface area contributed by atoms with Gasteiger partial charge >= 0.3 is 18.1 Å². The molecule has 36 heavy (non-hydrogen) atoms. The lowest BCUT2D eigenvalue weighted by atomic mass is 10.1. The van der Waals surface area contributed by atoms with Crippen LogP contribution >= 0.6 is 0 Å². The molecule has 3 aromatic rings. The number of nitrogens with one attached hydrogen (secondary N) is 1. The number of nitrogen functional groups attached to an aromatic ring is 1. The molecule has 0 bridgehead atoms. The van der Waals surface area contributed by atoms with Gasteiger partial charge < -0.3 is 21.3 Å². The summed E-state index contributed by atoms with van der Waals surface area (Å²) in [6, 6.07) is 3.72. The third-order valence-electron chi connectivity index (χ3n) is 4.32. The highest BCUT2D eigenvalue weighted by molar-refractivity contribution is 5.95. The molecule has 16 heteroatoms. The molecule has 5 N–H and O–H groups in total. The first kappa shape index (κ1) is 27.5. The van der Waals surface area contributed by atoms with Crippen molar-refractivity contribution < 1.29 is 37.8 Å². The van der Waals surface area contributed by atoms with Crippen molar-refractivity contribution in [2.45, 2.75) is 25.6 Å². The maximum atomic E-state index is 12.3. The fourth-order valence-corrected chi connectivity index (χ4v) is 2.55. The molecule has 0 spiro atoms. The van der Waals surface area contributed by atoms with Gasteiger partial charge in [0, 0.05) is 13.1 Å². The van der Waals surface area contributed by atoms with Gasteiger partial charge in [-0.2, -0.15) is 18.3 Å². The van der Waals surface area contributed by atoms with E-state index in [0.717, 1.165) is 0 Å². The van der Waals surface area contributed by atoms with E-state index in [0.29, 0.717) is 28.5 Å². The van der Waals surface area contributed by atoms with Crippen molar-refractivity contribution >= 4 is 23.7 Å². The SMILES string of the molecule is C=C(C)CC(NC(=O)c1ccc(-n2cc(-c3cc(N)n(C)n3)nn2)cn1)C(=O)O.O=C(O)C(F)(F)F. The van der Waals surface area contributed by atoms with Gasteiger partial charge in [-0.05, 0) is 25.5 Å². The fourth-order valence-electron chi connectivity index (χ4n) is 2.55. The van der Waals surface area contributed by atoms with Crippen molar-refractivity contribution in [2.24, 2.45) is 7.05 Å². The third kappa shape index (κ3) is 7.37. The largest absolute Gasteiger partial charge is 0.490 e. The third-order valence-corrected chi connectivity index (χ3v) is 4.32. The Morgan fingerprint density at radius 2 is 1.86 bits per heavy atom. The van der Waals surface area contributed by atoms with E-state index in [2.05, 4.69) is 32.3 Å². The van der Waals surface area contributed by atoms with Gasteiger partial charge in [0.2, 0.25) is 0 Å². The average molecular weight is 510 g/mol. The first-order chi connectivity index (χ1) is 16.7. The summed E-state index contributed by atoms with van der Waals surface area (Å²) in [6.07, 6.45) is -1.85. The zero-order valence-corrected chi connectivity index (χ0v) is 18.9. The number of halogens is 3. The summed E-state index contributed by atoms with van der Waals surface area (Å²) in [4.78, 5) is 36.5. The van der Waals surface area contributed by atoms with Crippen molar-refractivity contribution in [3.8, 4) is 17.1 Å². The van der Waals surface area contributed by atoms with Crippen LogP contribution in [-0.2, 0) is 16.6 Å². The first-order valence-corrected chi connectivity index (χ1v) is 9.85. The summed E-state index contributed by atoms with van der Waals surface area (Å²) < 4.78 is 34.7. The second-order valence-electron chi connectivity index (χ2n) is 7.36. The standard InChI is InChI=1S/C18H20N8O3.C2HF3O2/c1-10(2)6-14(18(28)29)21-17(27)12-5-4-11(8-20-12)26-9-15(22-24-26)13-7-16(19)25(3)23-13;3-2(4,5)1(6)7/h4-5,7-9,14H,1,6,19H2,2-3H3,(H,21,27)(H,28,29);(H,6,7). The highest BCUT2D eigenvalue weighted by atomic mass is 19.4. The van der Waals surface area contributed by atoms with Crippen molar-refractivity contribution in [2.75, 3.05) is 5.73 Å². The molecule has 13 nitrogen and oxygen atoms in total. The summed E-state index contributed by atoms with van der Waals surface area (Å²) in [5.41, 5.74) is 8.19. The van der Waals surface area contributed by atoms with Gasteiger partial charge in [0.25, 0.3) is 5.91 Å². The number of aryl methyl sites for hydroxylation is 1. The number of amides is 1. The van der Waals surface area contributed by atoms with E-state index in [1.165, 1.54) is 21.6 Å². The minimum atomic E-state index is -5.08. The minimum Gasteiger partial charge on any atom is -0.480 e. The summed E-state index contributed by atoms with van der Waals surface area (Å²) in [7, 11) is 1.72. The number of anilines is 1. The summed E-state index contributed by atoms with van der Waals surface area (Å²) in [5, 5.41) is 31.1. The van der Waals surface area contributed by atoms with Gasteiger partial charge in [-0.1, -0.05) is 10.8 Å². The van der Waals surface area contributed by atoms with Crippen LogP contribution in [0.15, 0.2) is 42.7 Å². The lowest BCUT2D eigenvalue weighted by molar-refractivity contribution is -0.192. The zero-order valence-electron chi connectivity index (χ0n) is 18.9. The Labute approximate surface area is 201 Å². The van der Waals surface area contributed by atoms with Crippen LogP contribution in [0.5, 0.6) is 0 Å². The number of pyridine rings is 1. The highest BCUT2D eigenvalue weighted by Crippen LogP contribution is 2.18. The normalized spacial score (nSPS) is 11.7. The lowest BCUT2D eigenvalue weighted by Gasteiger charge is -2.14. The Kier molecular flexibility index (Phi) is 8.48. The lowest BCUT2D eigenvalue weighted by Crippen LogP contribution is -2.41. The van der Waals surface area contributed by atoms with Gasteiger partial charge in [-0.15, -0.1) is 11.7 Å². The number of aliphatic carboxylic acids is 2. The number of carboxylic acids is 2. The van der Waals surface area contributed by atoms with Crippen LogP contribution in [0, 0.1) is 0 Å². The van der Waals surface area contributed by atoms with Crippen molar-refractivity contribution in [1.29, 1.82) is 0 Å². The van der Waals surface area contributed by atoms with Crippen LogP contribution in [0.25, 0.3) is 17.1 Å². The molecule has 1 amide bonds. The number of hydrogen-bond donors (Lipinski definition) is 4. The second-order valence-corrected chi connectivity index (χ2v) is 7.36. The number of carbonyl (C=O) groups is 3. The Bertz CT molecular complexity index is 1250. The molecule has 192 valence electrons. The van der Waals surface area contributed by atoms with E-state index in [-0.39, 0.29) is 12.1 Å². The van der Waals surface area contributed by atoms with Crippen molar-refractivity contribution in [3.05, 3.63) is 48.4 Å². The Hall–Kier alpha value is -4.76. The molecule has 1 unspecified atom stereocenters. The van der Waals surface area contributed by atoms with Crippen LogP contribution < -0.4 is 11.1 Å². The molecule has 0 aliphatic rings. The molecule has 0 aliphatic heterocycles. The number of carbonyl (C=O) groups excluding carboxylic acids is 1. The zero-order chi connectivity index (χ0) is 27.2. The summed E-state index contributed by atoms with van der Waals surface area (Å²) in [5.74, 6) is -3.98. The molecule has 0 fully saturated rings. The molecular formula is C20H21F3N8O5. The molecule has 0 aliphatic carbocycles. The molecule has 3 heterocycles. The van der Waals surface area contributed by atoms with Crippen LogP contribution in [0.2, 0.25) is 0 Å². The quantitative estimate of drug-likeness (QED) is 0.338. The maximum absolute atomic E-state index is 12.3. The number of carboxylic acid groups (broad SMARTS) is 2. The predicted molar refractivity (Wildman–Crippen MR) is 118 cm³/mol. The van der Waals surface area contributed by atoms with E-state index >= 15 is 0 Å². The van der Waals surface area contributed by atoms with E-state index in [1.54, 1.807) is 32.3 Å². The number of nitrogens with zero attached hydrogens (tertiary/aromatic N) is 6. The highest BCUT2D eigenvalue weighted by Gasteiger charge is 2.38. The number of aromatic nitrogens is 6. The van der Waals surface area contributed by atoms with Gasteiger partial charge in [-0.3, -0.25) is 9.48 Å². The van der Waals surface area contributed by atoms with Crippen LogP contribution in [0.3, 0.4) is 0 Å². The Morgan fingerprint density at radius 1 is 1.22 bits per heavy atom. The first-order valence-electron chi connectivity index (χ1n) is 9.85. The average Bonchev–Trinajstić information content (AvgIpc) is 3.40. The second kappa shape index (κ2) is 11.1. The van der Waals surface area contributed by atoms with Crippen molar-refractivity contribution in [1.82, 2.24) is 35.1 Å². The fraction of sp³-hybridized carbons (Fsp3) is 0.250. The smallest absolute Gasteiger partial charge is 0.480 e. The van der Waals surface area contributed by atoms with E-state index in [9.17, 15) is 27.9 Å². The van der Waals surface area contributed by atoms with Gasteiger partial charge in [-0.25, -0.2) is 19.3 Å². The molecule has 3 rings (SSSR count). The predicted octanol–water partition coefficient (Wildman–Crippen LogP) is 1.43. The molecular weight excluding hydrogens is 489 g/mol. The van der Waals surface area contributed by atoms with Crippen LogP contribution in [-0.4, -0.2) is 70.0 Å². The van der Waals surface area contributed by atoms with E-state index in [1.807, 2.05) is 0 Å². The molecule has 0 aromatic carbocycles. The minimum absolute atomic E-state index is 0.0829. The number of rotatable bonds is 7.